The molecule has 0 radical (unpaired) electrons. The highest BCUT2D eigenvalue weighted by atomic mass is 32.1. The van der Waals surface area contributed by atoms with Gasteiger partial charge in [-0.3, -0.25) is 14.2 Å². The van der Waals surface area contributed by atoms with Crippen LogP contribution in [0.4, 0.5) is 0 Å². The van der Waals surface area contributed by atoms with Crippen LogP contribution in [0.15, 0.2) is 63.5 Å². The number of fused-ring (bicyclic) bond motifs is 1. The molecule has 9 heteroatoms. The van der Waals surface area contributed by atoms with Crippen molar-refractivity contribution in [3.63, 3.8) is 0 Å². The predicted octanol–water partition coefficient (Wildman–Crippen LogP) is 2.96. The fourth-order valence-electron chi connectivity index (χ4n) is 3.88. The third-order valence-electron chi connectivity index (χ3n) is 5.78. The average molecular weight is 494 g/mol. The summed E-state index contributed by atoms with van der Waals surface area (Å²) in [6.45, 7) is 2.32. The maximum atomic E-state index is 13.3. The standard InChI is InChI=1S/C26H27N3O5S/c1-17-4-6-19(7-5-17)15-28-20-11-13-35-24(20)25(31)29(26(28)32)16-23(30)27-12-10-18-8-9-21(33-2)22(14-18)34-3/h4-9,11,13-14H,10,12,15-16H2,1-3H3,(H,27,30). The summed E-state index contributed by atoms with van der Waals surface area (Å²) in [5.74, 6) is 0.842. The molecule has 0 spiro atoms. The molecule has 0 saturated carbocycles. The second-order valence-corrected chi connectivity index (χ2v) is 9.09. The molecular formula is C26H27N3O5S. The number of nitrogens with zero attached hydrogens (tertiary/aromatic N) is 2. The number of ether oxygens (including phenoxy) is 2. The summed E-state index contributed by atoms with van der Waals surface area (Å²) in [6, 6.07) is 15.2. The lowest BCUT2D eigenvalue weighted by Gasteiger charge is -2.13. The normalized spacial score (nSPS) is 10.9. The molecule has 2 aromatic carbocycles. The van der Waals surface area contributed by atoms with Gasteiger partial charge >= 0.3 is 5.69 Å². The first kappa shape index (κ1) is 24.3. The monoisotopic (exact) mass is 493 g/mol. The zero-order valence-electron chi connectivity index (χ0n) is 19.9. The summed E-state index contributed by atoms with van der Waals surface area (Å²) in [4.78, 5) is 38.9. The minimum Gasteiger partial charge on any atom is -0.493 e. The van der Waals surface area contributed by atoms with Crippen LogP contribution in [-0.4, -0.2) is 35.8 Å². The number of benzene rings is 2. The van der Waals surface area contributed by atoms with Gasteiger partial charge in [-0.2, -0.15) is 0 Å². The summed E-state index contributed by atoms with van der Waals surface area (Å²) >= 11 is 1.27. The van der Waals surface area contributed by atoms with E-state index in [1.165, 1.54) is 11.3 Å². The fraction of sp³-hybridized carbons (Fsp3) is 0.269. The summed E-state index contributed by atoms with van der Waals surface area (Å²) in [7, 11) is 3.14. The Labute approximate surface area is 206 Å². The zero-order chi connectivity index (χ0) is 24.9. The van der Waals surface area contributed by atoms with Gasteiger partial charge in [0.25, 0.3) is 5.56 Å². The Balaban J connectivity index is 1.50. The minimum absolute atomic E-state index is 0.313. The Morgan fingerprint density at radius 1 is 0.943 bits per heavy atom. The van der Waals surface area contributed by atoms with E-state index in [1.54, 1.807) is 30.2 Å². The molecule has 4 aromatic rings. The topological polar surface area (TPSA) is 91.6 Å². The largest absolute Gasteiger partial charge is 0.493 e. The number of carbonyl (C=O) groups excluding carboxylic acids is 1. The number of hydrogen-bond donors (Lipinski definition) is 1. The van der Waals surface area contributed by atoms with Crippen molar-refractivity contribution in [2.24, 2.45) is 0 Å². The van der Waals surface area contributed by atoms with Crippen LogP contribution in [0.25, 0.3) is 10.2 Å². The smallest absolute Gasteiger partial charge is 0.332 e. The summed E-state index contributed by atoms with van der Waals surface area (Å²) < 4.78 is 13.6. The first-order valence-electron chi connectivity index (χ1n) is 11.1. The van der Waals surface area contributed by atoms with Crippen molar-refractivity contribution in [1.82, 2.24) is 14.5 Å². The molecule has 182 valence electrons. The molecule has 0 aliphatic heterocycles. The van der Waals surface area contributed by atoms with Gasteiger partial charge in [0.15, 0.2) is 11.5 Å². The van der Waals surface area contributed by atoms with E-state index >= 15 is 0 Å². The molecule has 8 nitrogen and oxygen atoms in total. The van der Waals surface area contributed by atoms with Gasteiger partial charge in [-0.1, -0.05) is 35.9 Å². The zero-order valence-corrected chi connectivity index (χ0v) is 20.7. The van der Waals surface area contributed by atoms with Gasteiger partial charge in [-0.05, 0) is 48.1 Å². The molecule has 0 bridgehead atoms. The van der Waals surface area contributed by atoms with Crippen molar-refractivity contribution in [2.45, 2.75) is 26.4 Å². The van der Waals surface area contributed by atoms with Crippen LogP contribution in [0.2, 0.25) is 0 Å². The number of hydrogen-bond acceptors (Lipinski definition) is 6. The number of thiophene rings is 1. The maximum absolute atomic E-state index is 13.3. The Morgan fingerprint density at radius 2 is 1.66 bits per heavy atom. The van der Waals surface area contributed by atoms with Crippen LogP contribution < -0.4 is 26.0 Å². The number of rotatable bonds is 9. The fourth-order valence-corrected chi connectivity index (χ4v) is 4.73. The number of aryl methyl sites for hydroxylation is 1. The summed E-state index contributed by atoms with van der Waals surface area (Å²) in [5.41, 5.74) is 2.65. The quantitative estimate of drug-likeness (QED) is 0.387. The van der Waals surface area contributed by atoms with E-state index in [2.05, 4.69) is 5.32 Å². The molecule has 0 unspecified atom stereocenters. The van der Waals surface area contributed by atoms with Gasteiger partial charge in [0.2, 0.25) is 5.91 Å². The van der Waals surface area contributed by atoms with E-state index in [0.29, 0.717) is 41.2 Å². The predicted molar refractivity (Wildman–Crippen MR) is 137 cm³/mol. The number of carbonyl (C=O) groups is 1. The molecule has 0 atom stereocenters. The number of amides is 1. The van der Waals surface area contributed by atoms with Gasteiger partial charge in [0, 0.05) is 6.54 Å². The highest BCUT2D eigenvalue weighted by Gasteiger charge is 2.17. The van der Waals surface area contributed by atoms with Gasteiger partial charge in [0.05, 0.1) is 26.3 Å². The molecule has 2 aromatic heterocycles. The van der Waals surface area contributed by atoms with Crippen molar-refractivity contribution >= 4 is 27.5 Å². The molecular weight excluding hydrogens is 466 g/mol. The molecule has 4 rings (SSSR count). The van der Waals surface area contributed by atoms with E-state index in [0.717, 1.165) is 21.3 Å². The van der Waals surface area contributed by atoms with Gasteiger partial charge in [-0.25, -0.2) is 9.36 Å². The third-order valence-corrected chi connectivity index (χ3v) is 6.67. The van der Waals surface area contributed by atoms with Crippen molar-refractivity contribution in [2.75, 3.05) is 20.8 Å². The summed E-state index contributed by atoms with van der Waals surface area (Å²) in [6.07, 6.45) is 0.558. The molecule has 0 aliphatic rings. The second kappa shape index (κ2) is 10.6. The number of methoxy groups -OCH3 is 2. The average Bonchev–Trinajstić information content (AvgIpc) is 3.35. The van der Waals surface area contributed by atoms with Gasteiger partial charge in [-0.15, -0.1) is 11.3 Å². The van der Waals surface area contributed by atoms with Crippen molar-refractivity contribution in [1.29, 1.82) is 0 Å². The lowest BCUT2D eigenvalue weighted by molar-refractivity contribution is -0.121. The molecule has 0 aliphatic carbocycles. The molecule has 1 N–H and O–H groups in total. The van der Waals surface area contributed by atoms with Crippen molar-refractivity contribution in [3.8, 4) is 11.5 Å². The minimum atomic E-state index is -0.503. The Morgan fingerprint density at radius 3 is 2.37 bits per heavy atom. The first-order valence-corrected chi connectivity index (χ1v) is 12.0. The Hall–Kier alpha value is -3.85. The van der Waals surface area contributed by atoms with Crippen molar-refractivity contribution in [3.05, 3.63) is 91.4 Å². The van der Waals surface area contributed by atoms with Gasteiger partial charge in [0.1, 0.15) is 11.2 Å². The van der Waals surface area contributed by atoms with E-state index in [1.807, 2.05) is 49.4 Å². The van der Waals surface area contributed by atoms with Crippen LogP contribution in [0.3, 0.4) is 0 Å². The SMILES string of the molecule is COc1ccc(CCNC(=O)Cn2c(=O)c3sccc3n(Cc3ccc(C)cc3)c2=O)cc1OC. The molecule has 2 heterocycles. The second-order valence-electron chi connectivity index (χ2n) is 8.17. The third kappa shape index (κ3) is 5.30. The first-order chi connectivity index (χ1) is 16.9. The van der Waals surface area contributed by atoms with Gasteiger partial charge < -0.3 is 14.8 Å². The van der Waals surface area contributed by atoms with Crippen molar-refractivity contribution < 1.29 is 14.3 Å². The number of aromatic nitrogens is 2. The highest BCUT2D eigenvalue weighted by molar-refractivity contribution is 7.17. The lowest BCUT2D eigenvalue weighted by atomic mass is 10.1. The van der Waals surface area contributed by atoms with Crippen LogP contribution in [0.5, 0.6) is 11.5 Å². The number of nitrogens with one attached hydrogen (secondary N) is 1. The van der Waals surface area contributed by atoms with Crippen LogP contribution in [0, 0.1) is 6.92 Å². The maximum Gasteiger partial charge on any atom is 0.332 e. The summed E-state index contributed by atoms with van der Waals surface area (Å²) in [5, 5.41) is 4.58. The lowest BCUT2D eigenvalue weighted by Crippen LogP contribution is -2.43. The van der Waals surface area contributed by atoms with E-state index in [9.17, 15) is 14.4 Å². The van der Waals surface area contributed by atoms with Crippen LogP contribution in [0.1, 0.15) is 16.7 Å². The van der Waals surface area contributed by atoms with E-state index in [4.69, 9.17) is 9.47 Å². The molecule has 1 amide bonds. The van der Waals surface area contributed by atoms with E-state index < -0.39 is 17.2 Å². The molecule has 0 saturated heterocycles. The molecule has 35 heavy (non-hydrogen) atoms. The Kier molecular flexibility index (Phi) is 7.36. The van der Waals surface area contributed by atoms with Crippen LogP contribution >= 0.6 is 11.3 Å². The Bertz CT molecular complexity index is 1470. The van der Waals surface area contributed by atoms with Crippen LogP contribution in [-0.2, 0) is 24.3 Å². The highest BCUT2D eigenvalue weighted by Crippen LogP contribution is 2.27. The van der Waals surface area contributed by atoms with E-state index in [-0.39, 0.29) is 6.54 Å². The molecule has 0 fully saturated rings.